The Morgan fingerprint density at radius 3 is 2.49 bits per heavy atom. The Morgan fingerprint density at radius 2 is 1.84 bits per heavy atom. The zero-order valence-electron chi connectivity index (χ0n) is 21.6. The lowest BCUT2D eigenvalue weighted by Crippen LogP contribution is -2.40. The number of benzene rings is 1. The van der Waals surface area contributed by atoms with Gasteiger partial charge in [0.2, 0.25) is 0 Å². The Morgan fingerprint density at radius 1 is 1.11 bits per heavy atom. The molecule has 0 saturated heterocycles. The first-order valence-electron chi connectivity index (χ1n) is 12.1. The predicted molar refractivity (Wildman–Crippen MR) is 136 cm³/mol. The number of hydrogen-bond donors (Lipinski definition) is 3. The van der Waals surface area contributed by atoms with E-state index in [0.29, 0.717) is 53.4 Å². The molecule has 0 aliphatic heterocycles. The highest BCUT2D eigenvalue weighted by Crippen LogP contribution is 2.40. The molecular formula is C26H33F2N5O4. The van der Waals surface area contributed by atoms with E-state index in [0.717, 1.165) is 32.8 Å². The molecule has 3 aromatic rings. The van der Waals surface area contributed by atoms with Crippen LogP contribution in [0.3, 0.4) is 0 Å². The lowest BCUT2D eigenvalue weighted by molar-refractivity contribution is -0.168. The number of nitrogens with two attached hydrogens (primary N) is 1. The lowest BCUT2D eigenvalue weighted by Gasteiger charge is -2.30. The average Bonchev–Trinajstić information content (AvgIpc) is 3.64. The van der Waals surface area contributed by atoms with Crippen LogP contribution >= 0.6 is 0 Å². The number of nitrogens with one attached hydrogen (secondary N) is 1. The second-order valence-electron chi connectivity index (χ2n) is 9.76. The third kappa shape index (κ3) is 5.99. The first-order chi connectivity index (χ1) is 17.4. The van der Waals surface area contributed by atoms with Gasteiger partial charge in [-0.2, -0.15) is 8.78 Å². The number of fused-ring (bicyclic) bond motifs is 1. The van der Waals surface area contributed by atoms with E-state index in [4.69, 9.17) is 19.9 Å². The molecule has 4 rings (SSSR count). The molecule has 0 radical (unpaired) electrons. The minimum atomic E-state index is -3.54. The number of alkyl halides is 2. The Kier molecular flexibility index (Phi) is 7.38. The van der Waals surface area contributed by atoms with Gasteiger partial charge in [-0.05, 0) is 58.7 Å². The number of anilines is 2. The van der Waals surface area contributed by atoms with Gasteiger partial charge in [-0.1, -0.05) is 0 Å². The standard InChI is InChI=1S/C26H33F2N5O4/c1-14(19-10-16(11-23(29)33-19)26(27,28)25(3,4)34)30-24-18-12-22(37-9-8-36-17-6-7-17)21(35-5)13-20(18)31-15(2)32-24/h10-14,17,34H,6-9H2,1-5H3,(H2,29,33)(H,30,31,32)/t14-/m1/s1. The first-order valence-corrected chi connectivity index (χ1v) is 12.1. The Bertz CT molecular complexity index is 1280. The van der Waals surface area contributed by atoms with Crippen molar-refractivity contribution in [2.45, 2.75) is 64.2 Å². The monoisotopic (exact) mass is 517 g/mol. The summed E-state index contributed by atoms with van der Waals surface area (Å²) in [5, 5.41) is 13.9. The summed E-state index contributed by atoms with van der Waals surface area (Å²) in [6.07, 6.45) is 2.50. The molecule has 0 unspecified atom stereocenters. The van der Waals surface area contributed by atoms with Crippen molar-refractivity contribution in [2.75, 3.05) is 31.4 Å². The first kappa shape index (κ1) is 26.7. The third-order valence-corrected chi connectivity index (χ3v) is 6.10. The van der Waals surface area contributed by atoms with Crippen molar-refractivity contribution >= 4 is 22.5 Å². The molecule has 1 fully saturated rings. The number of nitrogen functional groups attached to an aromatic ring is 1. The highest BCUT2D eigenvalue weighted by atomic mass is 19.3. The van der Waals surface area contributed by atoms with Crippen LogP contribution in [0.15, 0.2) is 24.3 Å². The van der Waals surface area contributed by atoms with Crippen LogP contribution in [0.1, 0.15) is 56.7 Å². The van der Waals surface area contributed by atoms with Gasteiger partial charge in [-0.15, -0.1) is 0 Å². The van der Waals surface area contributed by atoms with Crippen LogP contribution in [0.2, 0.25) is 0 Å². The van der Waals surface area contributed by atoms with Gasteiger partial charge in [0.15, 0.2) is 11.5 Å². The number of hydrogen-bond acceptors (Lipinski definition) is 9. The maximum atomic E-state index is 14.9. The van der Waals surface area contributed by atoms with Gasteiger partial charge >= 0.3 is 5.92 Å². The quantitative estimate of drug-likeness (QED) is 0.315. The number of aromatic nitrogens is 3. The molecule has 37 heavy (non-hydrogen) atoms. The number of nitrogens with zero attached hydrogens (tertiary/aromatic N) is 3. The number of pyridine rings is 1. The molecular weight excluding hydrogens is 484 g/mol. The molecule has 9 nitrogen and oxygen atoms in total. The van der Waals surface area contributed by atoms with Crippen molar-refractivity contribution in [2.24, 2.45) is 0 Å². The van der Waals surface area contributed by atoms with Crippen LogP contribution < -0.4 is 20.5 Å². The number of methoxy groups -OCH3 is 1. The SMILES string of the molecule is COc1cc2nc(C)nc(N[C@H](C)c3cc(C(F)(F)C(C)(C)O)cc(N)n3)c2cc1OCCOC1CC1. The maximum Gasteiger partial charge on any atom is 0.300 e. The summed E-state index contributed by atoms with van der Waals surface area (Å²) < 4.78 is 46.8. The normalized spacial score (nSPS) is 15.0. The molecule has 0 spiro atoms. The van der Waals surface area contributed by atoms with Gasteiger partial charge in [-0.3, -0.25) is 0 Å². The lowest BCUT2D eigenvalue weighted by atomic mass is 9.93. The van der Waals surface area contributed by atoms with Crippen molar-refractivity contribution in [3.8, 4) is 11.5 Å². The number of ether oxygens (including phenoxy) is 3. The van der Waals surface area contributed by atoms with Crippen molar-refractivity contribution < 1.29 is 28.1 Å². The fourth-order valence-electron chi connectivity index (χ4n) is 3.85. The predicted octanol–water partition coefficient (Wildman–Crippen LogP) is 4.52. The van der Waals surface area contributed by atoms with Crippen molar-refractivity contribution in [1.29, 1.82) is 0 Å². The molecule has 0 amide bonds. The maximum absolute atomic E-state index is 14.9. The minimum absolute atomic E-state index is 0.0809. The molecule has 1 saturated carbocycles. The van der Waals surface area contributed by atoms with Crippen LogP contribution in [-0.2, 0) is 10.7 Å². The number of halogens is 2. The van der Waals surface area contributed by atoms with Gasteiger partial charge < -0.3 is 30.4 Å². The second kappa shape index (κ2) is 10.2. The molecule has 1 aliphatic carbocycles. The van der Waals surface area contributed by atoms with Crippen molar-refractivity contribution in [3.63, 3.8) is 0 Å². The molecule has 1 aliphatic rings. The molecule has 4 N–H and O–H groups in total. The van der Waals surface area contributed by atoms with Crippen LogP contribution in [-0.4, -0.2) is 52.1 Å². The molecule has 1 atom stereocenters. The summed E-state index contributed by atoms with van der Waals surface area (Å²) in [4.78, 5) is 13.3. The van der Waals surface area contributed by atoms with Crippen molar-refractivity contribution in [3.05, 3.63) is 41.3 Å². The van der Waals surface area contributed by atoms with E-state index in [1.54, 1.807) is 33.1 Å². The van der Waals surface area contributed by atoms with Gasteiger partial charge in [-0.25, -0.2) is 15.0 Å². The molecule has 0 bridgehead atoms. The zero-order chi connectivity index (χ0) is 27.0. The summed E-state index contributed by atoms with van der Waals surface area (Å²) in [6.45, 7) is 6.43. The van der Waals surface area contributed by atoms with E-state index in [-0.39, 0.29) is 11.5 Å². The summed E-state index contributed by atoms with van der Waals surface area (Å²) in [7, 11) is 1.55. The average molecular weight is 518 g/mol. The molecule has 200 valence electrons. The van der Waals surface area contributed by atoms with Gasteiger partial charge in [0.25, 0.3) is 0 Å². The molecule has 11 heteroatoms. The molecule has 2 heterocycles. The number of aliphatic hydroxyl groups is 1. The van der Waals surface area contributed by atoms with Crippen LogP contribution in [0.5, 0.6) is 11.5 Å². The van der Waals surface area contributed by atoms with E-state index < -0.39 is 23.1 Å². The van der Waals surface area contributed by atoms with E-state index >= 15 is 0 Å². The van der Waals surface area contributed by atoms with E-state index in [1.807, 2.05) is 0 Å². The van der Waals surface area contributed by atoms with Gasteiger partial charge in [0.1, 0.15) is 29.7 Å². The number of aryl methyl sites for hydroxylation is 1. The minimum Gasteiger partial charge on any atom is -0.493 e. The highest BCUT2D eigenvalue weighted by Gasteiger charge is 2.47. The van der Waals surface area contributed by atoms with E-state index in [9.17, 15) is 13.9 Å². The van der Waals surface area contributed by atoms with Gasteiger partial charge in [0.05, 0.1) is 37.1 Å². The largest absolute Gasteiger partial charge is 0.493 e. The summed E-state index contributed by atoms with van der Waals surface area (Å²) in [6, 6.07) is 5.29. The topological polar surface area (TPSA) is 125 Å². The van der Waals surface area contributed by atoms with Crippen LogP contribution in [0.4, 0.5) is 20.4 Å². The van der Waals surface area contributed by atoms with Gasteiger partial charge in [0, 0.05) is 17.0 Å². The van der Waals surface area contributed by atoms with Crippen LogP contribution in [0.25, 0.3) is 10.9 Å². The van der Waals surface area contributed by atoms with E-state index in [2.05, 4.69) is 20.3 Å². The highest BCUT2D eigenvalue weighted by molar-refractivity contribution is 5.92. The number of rotatable bonds is 11. The molecule has 1 aromatic carbocycles. The summed E-state index contributed by atoms with van der Waals surface area (Å²) in [5.74, 6) is -1.62. The zero-order valence-corrected chi connectivity index (χ0v) is 21.6. The fourth-order valence-corrected chi connectivity index (χ4v) is 3.85. The Hall–Kier alpha value is -3.31. The molecule has 2 aromatic heterocycles. The van der Waals surface area contributed by atoms with Crippen LogP contribution in [0, 0.1) is 6.92 Å². The summed E-state index contributed by atoms with van der Waals surface area (Å²) >= 11 is 0. The second-order valence-corrected chi connectivity index (χ2v) is 9.76. The van der Waals surface area contributed by atoms with E-state index in [1.165, 1.54) is 6.07 Å². The fraction of sp³-hybridized carbons (Fsp3) is 0.500. The summed E-state index contributed by atoms with van der Waals surface area (Å²) in [5.41, 5.74) is 4.04. The smallest absolute Gasteiger partial charge is 0.300 e. The Labute approximate surface area is 214 Å². The Balaban J connectivity index is 1.64. The third-order valence-electron chi connectivity index (χ3n) is 6.10. The van der Waals surface area contributed by atoms with Crippen molar-refractivity contribution in [1.82, 2.24) is 15.0 Å².